The molecule has 1 heterocycles. The highest BCUT2D eigenvalue weighted by Crippen LogP contribution is 2.25. The molecule has 17 heavy (non-hydrogen) atoms. The summed E-state index contributed by atoms with van der Waals surface area (Å²) in [5, 5.41) is 0. The molecule has 0 fully saturated rings. The van der Waals surface area contributed by atoms with Gasteiger partial charge in [0.1, 0.15) is 5.76 Å². The minimum Gasteiger partial charge on any atom is -0.455 e. The number of Topliss-reactive ketones (excluding diaryl/α,β-unsaturated/α-hetero) is 1. The molecule has 0 unspecified atom stereocenters. The van der Waals surface area contributed by atoms with Crippen LogP contribution in [0.5, 0.6) is 0 Å². The highest BCUT2D eigenvalue weighted by molar-refractivity contribution is 6.01. The van der Waals surface area contributed by atoms with Crippen LogP contribution in [-0.4, -0.2) is 29.7 Å². The highest BCUT2D eigenvalue weighted by atomic mass is 16.4. The second-order valence-corrected chi connectivity index (χ2v) is 4.20. The molecule has 0 spiro atoms. The second-order valence-electron chi connectivity index (χ2n) is 4.20. The van der Waals surface area contributed by atoms with Gasteiger partial charge in [-0.25, -0.2) is 0 Å². The number of nitrogens with zero attached hydrogens (tertiary/aromatic N) is 1. The molecule has 4 heteroatoms. The molecule has 2 rings (SSSR count). The van der Waals surface area contributed by atoms with Crippen molar-refractivity contribution < 1.29 is 14.0 Å². The number of fused-ring (bicyclic) bond motifs is 1. The number of carbonyl (C=O) groups is 2. The minimum atomic E-state index is -0.128. The van der Waals surface area contributed by atoms with E-state index < -0.39 is 0 Å². The third-order valence-corrected chi connectivity index (χ3v) is 3.18. The number of rotatable bonds is 3. The van der Waals surface area contributed by atoms with E-state index in [-0.39, 0.29) is 11.7 Å². The van der Waals surface area contributed by atoms with Gasteiger partial charge < -0.3 is 9.32 Å². The van der Waals surface area contributed by atoms with Crippen LogP contribution in [0.15, 0.2) is 10.5 Å². The largest absolute Gasteiger partial charge is 0.455 e. The Balaban J connectivity index is 2.28. The Morgan fingerprint density at radius 1 is 1.35 bits per heavy atom. The number of furan rings is 1. The molecule has 0 atom stereocenters. The van der Waals surface area contributed by atoms with Crippen molar-refractivity contribution in [1.82, 2.24) is 4.90 Å². The van der Waals surface area contributed by atoms with E-state index in [4.69, 9.17) is 4.42 Å². The molecule has 92 valence electrons. The summed E-state index contributed by atoms with van der Waals surface area (Å²) in [6.07, 6.45) is 2.14. The Kier molecular flexibility index (Phi) is 3.31. The van der Waals surface area contributed by atoms with Gasteiger partial charge >= 0.3 is 0 Å². The summed E-state index contributed by atoms with van der Waals surface area (Å²) in [5.74, 6) is 0.941. The molecule has 1 aromatic rings. The first kappa shape index (κ1) is 11.9. The molecule has 0 saturated heterocycles. The van der Waals surface area contributed by atoms with Gasteiger partial charge in [-0.3, -0.25) is 9.59 Å². The van der Waals surface area contributed by atoms with E-state index >= 15 is 0 Å². The van der Waals surface area contributed by atoms with E-state index in [0.717, 1.165) is 12.8 Å². The third-order valence-electron chi connectivity index (χ3n) is 3.18. The lowest BCUT2D eigenvalue weighted by molar-refractivity contribution is 0.0738. The Labute approximate surface area is 101 Å². The Hall–Kier alpha value is -1.58. The molecule has 0 radical (unpaired) electrons. The molecular weight excluding hydrogens is 218 g/mol. The van der Waals surface area contributed by atoms with Crippen molar-refractivity contribution in [2.45, 2.75) is 33.1 Å². The number of ketones is 1. The van der Waals surface area contributed by atoms with Crippen LogP contribution < -0.4 is 0 Å². The molecule has 1 aromatic heterocycles. The zero-order valence-electron chi connectivity index (χ0n) is 10.3. The quantitative estimate of drug-likeness (QED) is 0.807. The summed E-state index contributed by atoms with van der Waals surface area (Å²) in [4.78, 5) is 25.4. The fourth-order valence-corrected chi connectivity index (χ4v) is 2.17. The first-order valence-electron chi connectivity index (χ1n) is 6.12. The van der Waals surface area contributed by atoms with Gasteiger partial charge in [0.15, 0.2) is 11.5 Å². The summed E-state index contributed by atoms with van der Waals surface area (Å²) in [5.41, 5.74) is 0.603. The lowest BCUT2D eigenvalue weighted by atomic mass is 9.97. The smallest absolute Gasteiger partial charge is 0.289 e. The maximum absolute atomic E-state index is 12.1. The normalized spacial score (nSPS) is 14.6. The third kappa shape index (κ3) is 2.12. The molecule has 1 aliphatic rings. The summed E-state index contributed by atoms with van der Waals surface area (Å²) in [6.45, 7) is 5.15. The molecule has 1 aliphatic carbocycles. The molecule has 0 saturated carbocycles. The molecule has 1 amide bonds. The summed E-state index contributed by atoms with van der Waals surface area (Å²) in [7, 11) is 0. The average molecular weight is 235 g/mol. The maximum atomic E-state index is 12.1. The zero-order valence-corrected chi connectivity index (χ0v) is 10.3. The Morgan fingerprint density at radius 3 is 2.65 bits per heavy atom. The van der Waals surface area contributed by atoms with Gasteiger partial charge in [0, 0.05) is 32.0 Å². The van der Waals surface area contributed by atoms with Crippen LogP contribution in [0.3, 0.4) is 0 Å². The number of hydrogen-bond donors (Lipinski definition) is 0. The van der Waals surface area contributed by atoms with Gasteiger partial charge in [-0.1, -0.05) is 0 Å². The van der Waals surface area contributed by atoms with Crippen molar-refractivity contribution in [2.24, 2.45) is 0 Å². The van der Waals surface area contributed by atoms with Crippen LogP contribution in [-0.2, 0) is 6.42 Å². The van der Waals surface area contributed by atoms with Gasteiger partial charge in [0.25, 0.3) is 5.91 Å². The van der Waals surface area contributed by atoms with E-state index in [1.54, 1.807) is 11.0 Å². The van der Waals surface area contributed by atoms with Crippen molar-refractivity contribution in [3.8, 4) is 0 Å². The van der Waals surface area contributed by atoms with E-state index in [0.29, 0.717) is 36.6 Å². The summed E-state index contributed by atoms with van der Waals surface area (Å²) < 4.78 is 5.51. The van der Waals surface area contributed by atoms with E-state index in [9.17, 15) is 9.59 Å². The van der Waals surface area contributed by atoms with Crippen LogP contribution in [0.2, 0.25) is 0 Å². The zero-order chi connectivity index (χ0) is 12.4. The van der Waals surface area contributed by atoms with Crippen LogP contribution in [0.1, 0.15) is 53.4 Å². The Morgan fingerprint density at radius 2 is 2.06 bits per heavy atom. The lowest BCUT2D eigenvalue weighted by Gasteiger charge is -2.16. The van der Waals surface area contributed by atoms with Gasteiger partial charge in [0.05, 0.1) is 5.56 Å². The molecular formula is C13H17NO3. The van der Waals surface area contributed by atoms with Crippen molar-refractivity contribution in [3.63, 3.8) is 0 Å². The fraction of sp³-hybridized carbons (Fsp3) is 0.538. The van der Waals surface area contributed by atoms with Crippen LogP contribution in [0.4, 0.5) is 0 Å². The highest BCUT2D eigenvalue weighted by Gasteiger charge is 2.25. The number of carbonyl (C=O) groups excluding carboxylic acids is 2. The first-order chi connectivity index (χ1) is 8.17. The van der Waals surface area contributed by atoms with Crippen molar-refractivity contribution in [1.29, 1.82) is 0 Å². The second kappa shape index (κ2) is 4.73. The van der Waals surface area contributed by atoms with E-state index in [2.05, 4.69) is 0 Å². The summed E-state index contributed by atoms with van der Waals surface area (Å²) in [6, 6.07) is 1.61. The lowest BCUT2D eigenvalue weighted by Crippen LogP contribution is -2.30. The average Bonchev–Trinajstić information content (AvgIpc) is 2.76. The maximum Gasteiger partial charge on any atom is 0.289 e. The van der Waals surface area contributed by atoms with Crippen molar-refractivity contribution >= 4 is 11.7 Å². The number of aryl methyl sites for hydroxylation is 1. The van der Waals surface area contributed by atoms with E-state index in [1.807, 2.05) is 13.8 Å². The van der Waals surface area contributed by atoms with Crippen molar-refractivity contribution in [2.75, 3.05) is 13.1 Å². The number of amides is 1. The molecule has 0 aromatic carbocycles. The van der Waals surface area contributed by atoms with Gasteiger partial charge in [-0.05, 0) is 20.3 Å². The van der Waals surface area contributed by atoms with Crippen LogP contribution >= 0.6 is 0 Å². The van der Waals surface area contributed by atoms with Gasteiger partial charge in [0.2, 0.25) is 0 Å². The predicted octanol–water partition coefficient (Wildman–Crippen LogP) is 2.28. The van der Waals surface area contributed by atoms with Gasteiger partial charge in [-0.15, -0.1) is 0 Å². The minimum absolute atomic E-state index is 0.0913. The Bertz CT molecular complexity index is 444. The monoisotopic (exact) mass is 235 g/mol. The number of hydrogen-bond acceptors (Lipinski definition) is 3. The van der Waals surface area contributed by atoms with Crippen LogP contribution in [0, 0.1) is 0 Å². The molecule has 0 aliphatic heterocycles. The van der Waals surface area contributed by atoms with E-state index in [1.165, 1.54) is 0 Å². The molecule has 0 N–H and O–H groups in total. The fourth-order valence-electron chi connectivity index (χ4n) is 2.17. The van der Waals surface area contributed by atoms with Crippen molar-refractivity contribution in [3.05, 3.63) is 23.2 Å². The predicted molar refractivity (Wildman–Crippen MR) is 63.2 cm³/mol. The van der Waals surface area contributed by atoms with Crippen LogP contribution in [0.25, 0.3) is 0 Å². The SMILES string of the molecule is CCN(CC)C(=O)c1cc2c(o1)CCCC2=O. The topological polar surface area (TPSA) is 50.5 Å². The summed E-state index contributed by atoms with van der Waals surface area (Å²) >= 11 is 0. The molecule has 4 nitrogen and oxygen atoms in total. The van der Waals surface area contributed by atoms with Gasteiger partial charge in [-0.2, -0.15) is 0 Å². The first-order valence-corrected chi connectivity index (χ1v) is 6.12. The molecule has 0 bridgehead atoms. The standard InChI is InChI=1S/C13H17NO3/c1-3-14(4-2)13(16)12-8-9-10(15)6-5-7-11(9)17-12/h8H,3-7H2,1-2H3.